The van der Waals surface area contributed by atoms with Crippen LogP contribution in [0, 0.1) is 0 Å². The van der Waals surface area contributed by atoms with E-state index in [1.807, 2.05) is 12.1 Å². The maximum atomic E-state index is 5.76. The second-order valence-corrected chi connectivity index (χ2v) is 4.26. The number of nitrogens with one attached hydrogen (secondary N) is 1. The molecule has 1 heterocycles. The Balaban J connectivity index is 2.61. The molecule has 1 aromatic carbocycles. The van der Waals surface area contributed by atoms with Gasteiger partial charge in [-0.25, -0.2) is 0 Å². The van der Waals surface area contributed by atoms with Gasteiger partial charge < -0.3 is 16.8 Å². The second-order valence-electron chi connectivity index (χ2n) is 4.26. The number of hydrogen-bond donors (Lipinski definition) is 3. The highest BCUT2D eigenvalue weighted by Gasteiger charge is 2.29. The van der Waals surface area contributed by atoms with Crippen LogP contribution in [0.15, 0.2) is 12.1 Å². The Morgan fingerprint density at radius 1 is 1.23 bits per heavy atom. The molecule has 0 saturated heterocycles. The minimum absolute atomic E-state index is 0.164. The largest absolute Gasteiger partial charge is 0.397 e. The zero-order chi connectivity index (χ0) is 9.64. The van der Waals surface area contributed by atoms with Crippen LogP contribution in [-0.2, 0) is 5.41 Å². The van der Waals surface area contributed by atoms with Crippen LogP contribution in [0.5, 0.6) is 0 Å². The van der Waals surface area contributed by atoms with Crippen LogP contribution in [0.1, 0.15) is 19.4 Å². The summed E-state index contributed by atoms with van der Waals surface area (Å²) in [6.07, 6.45) is 0. The lowest BCUT2D eigenvalue weighted by molar-refractivity contribution is 0.586. The van der Waals surface area contributed by atoms with Gasteiger partial charge in [-0.05, 0) is 17.7 Å². The Labute approximate surface area is 78.1 Å². The molecule has 2 rings (SSSR count). The van der Waals surface area contributed by atoms with E-state index in [2.05, 4.69) is 19.2 Å². The van der Waals surface area contributed by atoms with Crippen LogP contribution in [0.3, 0.4) is 0 Å². The van der Waals surface area contributed by atoms with Gasteiger partial charge in [0.25, 0.3) is 0 Å². The van der Waals surface area contributed by atoms with Crippen LogP contribution in [0.2, 0.25) is 0 Å². The molecule has 1 aliphatic rings. The smallest absolute Gasteiger partial charge is 0.0568 e. The van der Waals surface area contributed by atoms with Crippen LogP contribution < -0.4 is 16.8 Å². The Morgan fingerprint density at radius 2 is 1.85 bits per heavy atom. The summed E-state index contributed by atoms with van der Waals surface area (Å²) >= 11 is 0. The van der Waals surface area contributed by atoms with Crippen molar-refractivity contribution in [3.63, 3.8) is 0 Å². The van der Waals surface area contributed by atoms with E-state index in [0.717, 1.165) is 12.2 Å². The lowest BCUT2D eigenvalue weighted by atomic mass is 9.86. The predicted octanol–water partition coefficient (Wildman–Crippen LogP) is 1.55. The first-order chi connectivity index (χ1) is 6.00. The van der Waals surface area contributed by atoms with Crippen molar-refractivity contribution in [2.24, 2.45) is 0 Å². The van der Waals surface area contributed by atoms with Crippen LogP contribution >= 0.6 is 0 Å². The monoisotopic (exact) mass is 177 g/mol. The van der Waals surface area contributed by atoms with Crippen LogP contribution in [0.25, 0.3) is 0 Å². The van der Waals surface area contributed by atoms with E-state index in [9.17, 15) is 0 Å². The molecule has 0 bridgehead atoms. The molecule has 13 heavy (non-hydrogen) atoms. The summed E-state index contributed by atoms with van der Waals surface area (Å²) in [4.78, 5) is 0. The number of anilines is 3. The minimum atomic E-state index is 0.164. The van der Waals surface area contributed by atoms with E-state index in [4.69, 9.17) is 11.5 Å². The van der Waals surface area contributed by atoms with E-state index in [-0.39, 0.29) is 5.41 Å². The third-order valence-electron chi connectivity index (χ3n) is 2.67. The zero-order valence-corrected chi connectivity index (χ0v) is 8.02. The molecule has 0 saturated carbocycles. The number of nitrogen functional groups attached to an aromatic ring is 2. The van der Waals surface area contributed by atoms with E-state index < -0.39 is 0 Å². The summed E-state index contributed by atoms with van der Waals surface area (Å²) in [5, 5.41) is 3.32. The fraction of sp³-hybridized carbons (Fsp3) is 0.400. The molecule has 1 aliphatic heterocycles. The van der Waals surface area contributed by atoms with E-state index >= 15 is 0 Å². The standard InChI is InChI=1S/C10H15N3/c1-10(2)5-13-9-4-8(12)7(11)3-6(9)10/h3-4,13H,5,11-12H2,1-2H3. The van der Waals surface area contributed by atoms with Crippen LogP contribution in [0.4, 0.5) is 17.1 Å². The quantitative estimate of drug-likeness (QED) is 0.527. The highest BCUT2D eigenvalue weighted by atomic mass is 14.9. The summed E-state index contributed by atoms with van der Waals surface area (Å²) in [5.74, 6) is 0. The third-order valence-corrected chi connectivity index (χ3v) is 2.67. The highest BCUT2D eigenvalue weighted by molar-refractivity contribution is 5.75. The molecule has 0 fully saturated rings. The molecule has 1 aromatic rings. The fourth-order valence-electron chi connectivity index (χ4n) is 1.75. The summed E-state index contributed by atoms with van der Waals surface area (Å²) < 4.78 is 0. The number of fused-ring (bicyclic) bond motifs is 1. The van der Waals surface area contributed by atoms with Gasteiger partial charge >= 0.3 is 0 Å². The second kappa shape index (κ2) is 2.31. The molecular formula is C10H15N3. The third kappa shape index (κ3) is 1.11. The SMILES string of the molecule is CC1(C)CNc2cc(N)c(N)cc21. The summed E-state index contributed by atoms with van der Waals surface area (Å²) in [7, 11) is 0. The van der Waals surface area contributed by atoms with Crippen LogP contribution in [-0.4, -0.2) is 6.54 Å². The van der Waals surface area contributed by atoms with Gasteiger partial charge in [0.1, 0.15) is 0 Å². The van der Waals surface area contributed by atoms with Crippen molar-refractivity contribution < 1.29 is 0 Å². The van der Waals surface area contributed by atoms with Gasteiger partial charge in [-0.2, -0.15) is 0 Å². The predicted molar refractivity (Wildman–Crippen MR) is 56.8 cm³/mol. The Bertz CT molecular complexity index is 355. The first-order valence-corrected chi connectivity index (χ1v) is 4.44. The Morgan fingerprint density at radius 3 is 2.54 bits per heavy atom. The number of nitrogens with two attached hydrogens (primary N) is 2. The maximum Gasteiger partial charge on any atom is 0.0568 e. The van der Waals surface area contributed by atoms with Crippen molar-refractivity contribution in [3.05, 3.63) is 17.7 Å². The van der Waals surface area contributed by atoms with Gasteiger partial charge in [0.05, 0.1) is 11.4 Å². The van der Waals surface area contributed by atoms with Crippen molar-refractivity contribution in [1.29, 1.82) is 0 Å². The highest BCUT2D eigenvalue weighted by Crippen LogP contribution is 2.39. The zero-order valence-electron chi connectivity index (χ0n) is 8.02. The molecule has 5 N–H and O–H groups in total. The van der Waals surface area contributed by atoms with Crippen molar-refractivity contribution >= 4 is 17.1 Å². The number of rotatable bonds is 0. The molecule has 0 atom stereocenters. The molecule has 70 valence electrons. The molecule has 3 heteroatoms. The van der Waals surface area contributed by atoms with E-state index in [1.54, 1.807) is 0 Å². The topological polar surface area (TPSA) is 64.1 Å². The molecule has 0 aliphatic carbocycles. The van der Waals surface area contributed by atoms with E-state index in [0.29, 0.717) is 11.4 Å². The first kappa shape index (κ1) is 8.23. The molecular weight excluding hydrogens is 162 g/mol. The average Bonchev–Trinajstić information content (AvgIpc) is 2.31. The average molecular weight is 177 g/mol. The van der Waals surface area contributed by atoms with Crippen molar-refractivity contribution in [1.82, 2.24) is 0 Å². The fourth-order valence-corrected chi connectivity index (χ4v) is 1.75. The summed E-state index contributed by atoms with van der Waals surface area (Å²) in [6.45, 7) is 5.34. The van der Waals surface area contributed by atoms with Gasteiger partial charge in [-0.3, -0.25) is 0 Å². The molecule has 0 amide bonds. The normalized spacial score (nSPS) is 18.0. The lowest BCUT2D eigenvalue weighted by Crippen LogP contribution is -2.19. The molecule has 3 nitrogen and oxygen atoms in total. The number of benzene rings is 1. The van der Waals surface area contributed by atoms with Gasteiger partial charge in [0.15, 0.2) is 0 Å². The summed E-state index contributed by atoms with van der Waals surface area (Å²) in [6, 6.07) is 3.89. The Kier molecular flexibility index (Phi) is 1.46. The maximum absolute atomic E-state index is 5.76. The van der Waals surface area contributed by atoms with E-state index in [1.165, 1.54) is 5.56 Å². The van der Waals surface area contributed by atoms with Gasteiger partial charge in [-0.15, -0.1) is 0 Å². The van der Waals surface area contributed by atoms with Gasteiger partial charge in [0.2, 0.25) is 0 Å². The van der Waals surface area contributed by atoms with Crippen molar-refractivity contribution in [2.75, 3.05) is 23.3 Å². The van der Waals surface area contributed by atoms with Gasteiger partial charge in [-0.1, -0.05) is 13.8 Å². The first-order valence-electron chi connectivity index (χ1n) is 4.44. The van der Waals surface area contributed by atoms with Crippen molar-refractivity contribution in [3.8, 4) is 0 Å². The number of hydrogen-bond acceptors (Lipinski definition) is 3. The lowest BCUT2D eigenvalue weighted by Gasteiger charge is -2.17. The molecule has 0 spiro atoms. The van der Waals surface area contributed by atoms with Gasteiger partial charge in [0, 0.05) is 17.6 Å². The minimum Gasteiger partial charge on any atom is -0.397 e. The Hall–Kier alpha value is -1.38. The van der Waals surface area contributed by atoms with Crippen molar-refractivity contribution in [2.45, 2.75) is 19.3 Å². The summed E-state index contributed by atoms with van der Waals surface area (Å²) in [5.41, 5.74) is 15.4. The molecule has 0 aromatic heterocycles. The molecule has 0 unspecified atom stereocenters. The molecule has 0 radical (unpaired) electrons.